The fourth-order valence-electron chi connectivity index (χ4n) is 1.40. The van der Waals surface area contributed by atoms with Gasteiger partial charge in [0.1, 0.15) is 11.6 Å². The van der Waals surface area contributed by atoms with E-state index in [0.717, 1.165) is 6.07 Å². The fourth-order valence-corrected chi connectivity index (χ4v) is 2.64. The first kappa shape index (κ1) is 14.4. The van der Waals surface area contributed by atoms with Gasteiger partial charge in [0.05, 0.1) is 11.4 Å². The lowest BCUT2D eigenvalue weighted by atomic mass is 10.2. The minimum atomic E-state index is -3.39. The molecule has 1 aromatic carbocycles. The number of carbonyl (C=O) groups excluding carboxylic acids is 1. The normalized spacial score (nSPS) is 11.2. The van der Waals surface area contributed by atoms with Gasteiger partial charge in [-0.25, -0.2) is 12.8 Å². The molecule has 0 aliphatic heterocycles. The molecule has 0 aliphatic carbocycles. The first-order valence-electron chi connectivity index (χ1n) is 5.39. The molecule has 100 valence electrons. The molecule has 0 aromatic heterocycles. The highest BCUT2D eigenvalue weighted by atomic mass is 32.2. The lowest BCUT2D eigenvalue weighted by Crippen LogP contribution is -2.24. The van der Waals surface area contributed by atoms with Gasteiger partial charge >= 0.3 is 0 Å². The van der Waals surface area contributed by atoms with Crippen LogP contribution in [-0.2, 0) is 14.6 Å². The molecule has 0 atom stereocenters. The smallest absolute Gasteiger partial charge is 0.239 e. The summed E-state index contributed by atoms with van der Waals surface area (Å²) in [5, 5.41) is 2.36. The van der Waals surface area contributed by atoms with E-state index < -0.39 is 27.3 Å². The van der Waals surface area contributed by atoms with Crippen LogP contribution in [0.3, 0.4) is 0 Å². The number of anilines is 2. The summed E-state index contributed by atoms with van der Waals surface area (Å²) in [5.41, 5.74) is 5.49. The van der Waals surface area contributed by atoms with Crippen LogP contribution in [-0.4, -0.2) is 25.8 Å². The van der Waals surface area contributed by atoms with E-state index in [2.05, 4.69) is 5.32 Å². The van der Waals surface area contributed by atoms with Crippen LogP contribution in [0.1, 0.15) is 13.3 Å². The number of carbonyl (C=O) groups is 1. The Bertz CT molecular complexity index is 543. The van der Waals surface area contributed by atoms with Crippen molar-refractivity contribution in [2.24, 2.45) is 0 Å². The molecule has 0 saturated heterocycles. The van der Waals surface area contributed by atoms with Gasteiger partial charge in [-0.15, -0.1) is 0 Å². The van der Waals surface area contributed by atoms with Crippen molar-refractivity contribution in [3.63, 3.8) is 0 Å². The van der Waals surface area contributed by atoms with Gasteiger partial charge in [-0.1, -0.05) is 6.92 Å². The van der Waals surface area contributed by atoms with Crippen LogP contribution in [0.15, 0.2) is 18.2 Å². The summed E-state index contributed by atoms with van der Waals surface area (Å²) in [5.74, 6) is -1.87. The summed E-state index contributed by atoms with van der Waals surface area (Å²) in [6.45, 7) is 1.72. The molecule has 18 heavy (non-hydrogen) atoms. The first-order valence-corrected chi connectivity index (χ1v) is 7.21. The zero-order valence-electron chi connectivity index (χ0n) is 9.94. The highest BCUT2D eigenvalue weighted by Gasteiger charge is 2.15. The standard InChI is InChI=1S/C11H15FN2O3S/c1-2-5-18(16,17)7-11(15)14-8-3-4-9(12)10(13)6-8/h3-4,6H,2,5,7,13H2,1H3,(H,14,15). The monoisotopic (exact) mass is 274 g/mol. The van der Waals surface area contributed by atoms with Crippen LogP contribution in [0.4, 0.5) is 15.8 Å². The summed E-state index contributed by atoms with van der Waals surface area (Å²) in [6.07, 6.45) is 0.457. The molecule has 3 N–H and O–H groups in total. The van der Waals surface area contributed by atoms with Crippen molar-refractivity contribution in [3.8, 4) is 0 Å². The quantitative estimate of drug-likeness (QED) is 0.789. The number of halogens is 1. The molecular weight excluding hydrogens is 259 g/mol. The maximum absolute atomic E-state index is 12.9. The molecule has 0 fully saturated rings. The van der Waals surface area contributed by atoms with Crippen molar-refractivity contribution in [1.82, 2.24) is 0 Å². The SMILES string of the molecule is CCCS(=O)(=O)CC(=O)Nc1ccc(F)c(N)c1. The largest absolute Gasteiger partial charge is 0.396 e. The Balaban J connectivity index is 2.68. The van der Waals surface area contributed by atoms with E-state index in [1.54, 1.807) is 6.92 Å². The predicted octanol–water partition coefficient (Wildman–Crippen LogP) is 1.17. The first-order chi connectivity index (χ1) is 8.34. The van der Waals surface area contributed by atoms with Gasteiger partial charge in [0.25, 0.3) is 0 Å². The van der Waals surface area contributed by atoms with E-state index in [0.29, 0.717) is 6.42 Å². The Labute approximate surface area is 105 Å². The van der Waals surface area contributed by atoms with Crippen molar-refractivity contribution in [3.05, 3.63) is 24.0 Å². The Hall–Kier alpha value is -1.63. The number of nitrogen functional groups attached to an aromatic ring is 1. The van der Waals surface area contributed by atoms with Crippen molar-refractivity contribution < 1.29 is 17.6 Å². The molecule has 1 rings (SSSR count). The van der Waals surface area contributed by atoms with Crippen molar-refractivity contribution in [2.45, 2.75) is 13.3 Å². The molecule has 0 unspecified atom stereocenters. The Morgan fingerprint density at radius 1 is 1.44 bits per heavy atom. The Kier molecular flexibility index (Phi) is 4.66. The lowest BCUT2D eigenvalue weighted by Gasteiger charge is -2.06. The summed E-state index contributed by atoms with van der Waals surface area (Å²) in [4.78, 5) is 11.5. The van der Waals surface area contributed by atoms with Gasteiger partial charge in [0.15, 0.2) is 9.84 Å². The van der Waals surface area contributed by atoms with E-state index in [1.807, 2.05) is 0 Å². The molecule has 7 heteroatoms. The number of nitrogens with two attached hydrogens (primary N) is 1. The minimum absolute atomic E-state index is 0.0357. The molecule has 0 radical (unpaired) electrons. The highest BCUT2D eigenvalue weighted by molar-refractivity contribution is 7.92. The number of nitrogens with one attached hydrogen (secondary N) is 1. The summed E-state index contributed by atoms with van der Waals surface area (Å²) < 4.78 is 35.7. The van der Waals surface area contributed by atoms with E-state index in [9.17, 15) is 17.6 Å². The van der Waals surface area contributed by atoms with Gasteiger partial charge in [-0.05, 0) is 24.6 Å². The third-order valence-electron chi connectivity index (χ3n) is 2.15. The van der Waals surface area contributed by atoms with E-state index in [1.165, 1.54) is 12.1 Å². The van der Waals surface area contributed by atoms with E-state index >= 15 is 0 Å². The minimum Gasteiger partial charge on any atom is -0.396 e. The van der Waals surface area contributed by atoms with Crippen LogP contribution >= 0.6 is 0 Å². The average Bonchev–Trinajstić information content (AvgIpc) is 2.22. The number of sulfone groups is 1. The molecule has 0 bridgehead atoms. The summed E-state index contributed by atoms with van der Waals surface area (Å²) in [6, 6.07) is 3.65. The second-order valence-corrected chi connectivity index (χ2v) is 6.06. The van der Waals surface area contributed by atoms with Gasteiger partial charge in [0, 0.05) is 5.69 Å². The fraction of sp³-hybridized carbons (Fsp3) is 0.364. The molecule has 1 amide bonds. The second kappa shape index (κ2) is 5.81. The molecular formula is C11H15FN2O3S. The van der Waals surface area contributed by atoms with Gasteiger partial charge in [0.2, 0.25) is 5.91 Å². The van der Waals surface area contributed by atoms with Crippen molar-refractivity contribution in [2.75, 3.05) is 22.6 Å². The second-order valence-electron chi connectivity index (χ2n) is 3.88. The van der Waals surface area contributed by atoms with Gasteiger partial charge < -0.3 is 11.1 Å². The zero-order valence-corrected chi connectivity index (χ0v) is 10.8. The van der Waals surface area contributed by atoms with Crippen LogP contribution in [0.25, 0.3) is 0 Å². The number of rotatable bonds is 5. The van der Waals surface area contributed by atoms with Crippen LogP contribution in [0.5, 0.6) is 0 Å². The third kappa shape index (κ3) is 4.33. The number of hydrogen-bond donors (Lipinski definition) is 2. The number of hydrogen-bond acceptors (Lipinski definition) is 4. The maximum Gasteiger partial charge on any atom is 0.239 e. The zero-order chi connectivity index (χ0) is 13.8. The van der Waals surface area contributed by atoms with E-state index in [4.69, 9.17) is 5.73 Å². The molecule has 0 spiro atoms. The predicted molar refractivity (Wildman–Crippen MR) is 68.4 cm³/mol. The lowest BCUT2D eigenvalue weighted by molar-refractivity contribution is -0.113. The van der Waals surface area contributed by atoms with Gasteiger partial charge in [-0.3, -0.25) is 4.79 Å². The molecule has 0 heterocycles. The molecule has 1 aromatic rings. The average molecular weight is 274 g/mol. The topological polar surface area (TPSA) is 89.3 Å². The Morgan fingerprint density at radius 2 is 2.11 bits per heavy atom. The van der Waals surface area contributed by atoms with Crippen LogP contribution in [0, 0.1) is 5.82 Å². The number of benzene rings is 1. The highest BCUT2D eigenvalue weighted by Crippen LogP contribution is 2.16. The van der Waals surface area contributed by atoms with Crippen LogP contribution < -0.4 is 11.1 Å². The van der Waals surface area contributed by atoms with Gasteiger partial charge in [-0.2, -0.15) is 0 Å². The van der Waals surface area contributed by atoms with Crippen molar-refractivity contribution >= 4 is 27.1 Å². The third-order valence-corrected chi connectivity index (χ3v) is 3.88. The maximum atomic E-state index is 12.9. The number of amides is 1. The summed E-state index contributed by atoms with van der Waals surface area (Å²) >= 11 is 0. The van der Waals surface area contributed by atoms with Crippen molar-refractivity contribution in [1.29, 1.82) is 0 Å². The van der Waals surface area contributed by atoms with Crippen LogP contribution in [0.2, 0.25) is 0 Å². The summed E-state index contributed by atoms with van der Waals surface area (Å²) in [7, 11) is -3.39. The molecule has 0 aliphatic rings. The van der Waals surface area contributed by atoms with E-state index in [-0.39, 0.29) is 17.1 Å². The Morgan fingerprint density at radius 3 is 2.67 bits per heavy atom. The molecule has 5 nitrogen and oxygen atoms in total. The molecule has 0 saturated carbocycles.